The largest absolute Gasteiger partial charge is 1.00 e. The number of hydrogen-bond acceptors (Lipinski definition) is 8. The fraction of sp³-hybridized carbons (Fsp3) is 0.333. The third-order valence-electron chi connectivity index (χ3n) is 3.97. The van der Waals surface area contributed by atoms with Gasteiger partial charge < -0.3 is 29.3 Å². The Morgan fingerprint density at radius 1 is 1.34 bits per heavy atom. The van der Waals surface area contributed by atoms with E-state index in [1.54, 1.807) is 0 Å². The summed E-state index contributed by atoms with van der Waals surface area (Å²) >= 11 is 0. The minimum absolute atomic E-state index is 0. The van der Waals surface area contributed by atoms with Crippen LogP contribution in [0.3, 0.4) is 0 Å². The van der Waals surface area contributed by atoms with Crippen molar-refractivity contribution in [3.05, 3.63) is 46.6 Å². The van der Waals surface area contributed by atoms with E-state index in [0.29, 0.717) is 5.56 Å². The molecule has 10 nitrogen and oxygen atoms in total. The maximum absolute atomic E-state index is 13.2. The molecule has 2 N–H and O–H groups in total. The summed E-state index contributed by atoms with van der Waals surface area (Å²) in [7, 11) is -5.01. The van der Waals surface area contributed by atoms with E-state index in [1.165, 1.54) is 12.1 Å². The summed E-state index contributed by atoms with van der Waals surface area (Å²) in [5, 5.41) is 21.7. The van der Waals surface area contributed by atoms with Gasteiger partial charge in [-0.15, -0.1) is 0 Å². The smallest absolute Gasteiger partial charge is 0.858 e. The van der Waals surface area contributed by atoms with Crippen LogP contribution in [-0.2, 0) is 13.8 Å². The standard InChI is InChI=1S/C15H16FN2O8P.2Na/c16-9-3-1-8(2-4-9)10-5-13(20)17-15(21)18(10)14-6-11(19)12(26-14)7-25-27(22,23)24;;/h1-5,11-12,14,19H,6-7H2,(H,17,20,21)(H2,22,23,24);;/q;2*+1/p-2/t11-,12+,14+;;/m0../s1. The van der Waals surface area contributed by atoms with Gasteiger partial charge in [0.25, 0.3) is 7.82 Å². The van der Waals surface area contributed by atoms with Crippen LogP contribution in [0, 0.1) is 5.82 Å². The molecule has 1 aliphatic rings. The van der Waals surface area contributed by atoms with Gasteiger partial charge in [0.1, 0.15) is 18.1 Å². The Morgan fingerprint density at radius 2 is 1.97 bits per heavy atom. The van der Waals surface area contributed by atoms with Gasteiger partial charge in [0, 0.05) is 6.42 Å². The molecule has 1 saturated heterocycles. The van der Waals surface area contributed by atoms with Gasteiger partial charge >= 0.3 is 64.8 Å². The molecular formula is C15H14FN2Na2O8P. The number of rotatable bonds is 5. The number of aliphatic hydroxyl groups is 1. The molecule has 1 aromatic heterocycles. The normalized spacial score (nSPS) is 23.0. The van der Waals surface area contributed by atoms with Gasteiger partial charge in [-0.2, -0.15) is 0 Å². The first-order valence-corrected chi connectivity index (χ1v) is 9.22. The zero-order chi connectivity index (χ0) is 19.8. The number of ether oxygens (including phenoxy) is 1. The number of benzene rings is 1. The second kappa shape index (κ2) is 10.9. The number of hydrogen-bond donors (Lipinski definition) is 2. The molecule has 1 fully saturated rings. The fourth-order valence-corrected chi connectivity index (χ4v) is 3.12. The van der Waals surface area contributed by atoms with E-state index in [9.17, 15) is 28.9 Å². The van der Waals surface area contributed by atoms with Crippen molar-refractivity contribution in [3.8, 4) is 17.1 Å². The molecule has 0 saturated carbocycles. The second-order valence-electron chi connectivity index (χ2n) is 5.84. The molecule has 2 aromatic rings. The molecule has 1 unspecified atom stereocenters. The van der Waals surface area contributed by atoms with Crippen molar-refractivity contribution in [1.82, 2.24) is 9.55 Å². The molecule has 146 valence electrons. The van der Waals surface area contributed by atoms with Crippen LogP contribution in [0.25, 0.3) is 11.3 Å². The predicted octanol–water partition coefficient (Wildman–Crippen LogP) is -6.74. The zero-order valence-corrected chi connectivity index (χ0v) is 20.5. The summed E-state index contributed by atoms with van der Waals surface area (Å²) in [5.74, 6) is -1.32. The third kappa shape index (κ3) is 6.93. The molecular weight excluding hydrogens is 432 g/mol. The summed E-state index contributed by atoms with van der Waals surface area (Å²) in [6.45, 7) is -0.664. The van der Waals surface area contributed by atoms with E-state index >= 15 is 0 Å². The van der Waals surface area contributed by atoms with Crippen LogP contribution >= 0.6 is 7.82 Å². The molecule has 0 aliphatic carbocycles. The Kier molecular flexibility index (Phi) is 10.1. The molecule has 1 aliphatic heterocycles. The Labute approximate surface area is 208 Å². The first kappa shape index (κ1) is 26.9. The van der Waals surface area contributed by atoms with Gasteiger partial charge in [-0.25, -0.2) is 14.2 Å². The van der Waals surface area contributed by atoms with E-state index in [2.05, 4.69) is 9.51 Å². The molecule has 4 atom stereocenters. The zero-order valence-electron chi connectivity index (χ0n) is 15.6. The van der Waals surface area contributed by atoms with Crippen LogP contribution in [0.4, 0.5) is 4.39 Å². The molecule has 0 spiro atoms. The Balaban J connectivity index is 0.00000210. The van der Waals surface area contributed by atoms with Gasteiger partial charge in [-0.05, 0) is 41.8 Å². The van der Waals surface area contributed by atoms with Gasteiger partial charge in [-0.1, -0.05) is 0 Å². The van der Waals surface area contributed by atoms with E-state index in [4.69, 9.17) is 9.63 Å². The fourth-order valence-electron chi connectivity index (χ4n) is 2.78. The van der Waals surface area contributed by atoms with E-state index in [-0.39, 0.29) is 71.2 Å². The first-order chi connectivity index (χ1) is 12.6. The quantitative estimate of drug-likeness (QED) is 0.337. The molecule has 14 heteroatoms. The van der Waals surface area contributed by atoms with Crippen molar-refractivity contribution in [2.24, 2.45) is 0 Å². The van der Waals surface area contributed by atoms with Crippen molar-refractivity contribution in [1.29, 1.82) is 0 Å². The SMILES string of the molecule is O=c1nc([O-])cc(-c2ccc(F)cc2)n1[C@H]1C[C@H](O)[C@@H](COP(=O)([O-])O)O1.[Na+].[Na+]. The molecule has 0 bridgehead atoms. The summed E-state index contributed by atoms with van der Waals surface area (Å²) in [6.07, 6.45) is -3.57. The molecule has 0 radical (unpaired) electrons. The third-order valence-corrected chi connectivity index (χ3v) is 4.44. The van der Waals surface area contributed by atoms with Crippen molar-refractivity contribution in [2.75, 3.05) is 6.61 Å². The monoisotopic (exact) mass is 446 g/mol. The van der Waals surface area contributed by atoms with E-state index in [0.717, 1.165) is 22.8 Å². The average Bonchev–Trinajstić information content (AvgIpc) is 2.92. The first-order valence-electron chi connectivity index (χ1n) is 7.72. The maximum atomic E-state index is 13.2. The summed E-state index contributed by atoms with van der Waals surface area (Å²) in [4.78, 5) is 34.9. The van der Waals surface area contributed by atoms with Crippen molar-refractivity contribution < 1.29 is 97.3 Å². The molecule has 3 rings (SSSR count). The Bertz CT molecular complexity index is 939. The predicted molar refractivity (Wildman–Crippen MR) is 83.6 cm³/mol. The van der Waals surface area contributed by atoms with E-state index < -0.39 is 50.3 Å². The van der Waals surface area contributed by atoms with Crippen molar-refractivity contribution in [2.45, 2.75) is 24.9 Å². The minimum Gasteiger partial charge on any atom is -0.858 e. The maximum Gasteiger partial charge on any atom is 1.00 e. The van der Waals surface area contributed by atoms with E-state index in [1.807, 2.05) is 0 Å². The van der Waals surface area contributed by atoms with Crippen molar-refractivity contribution in [3.63, 3.8) is 0 Å². The number of halogens is 1. The topological polar surface area (TPSA) is 157 Å². The second-order valence-corrected chi connectivity index (χ2v) is 7.03. The summed E-state index contributed by atoms with van der Waals surface area (Å²) in [5.41, 5.74) is -0.516. The number of aromatic nitrogens is 2. The van der Waals surface area contributed by atoms with Crippen molar-refractivity contribution >= 4 is 7.82 Å². The Morgan fingerprint density at radius 3 is 2.55 bits per heavy atom. The van der Waals surface area contributed by atoms with Crippen LogP contribution in [-0.4, -0.2) is 38.4 Å². The van der Waals surface area contributed by atoms with Crippen LogP contribution in [0.5, 0.6) is 5.88 Å². The number of aliphatic hydroxyl groups excluding tert-OH is 1. The number of nitrogens with zero attached hydrogens (tertiary/aromatic N) is 2. The molecule has 0 amide bonds. The minimum atomic E-state index is -5.01. The summed E-state index contributed by atoms with van der Waals surface area (Å²) in [6, 6.07) is 6.05. The Hall–Kier alpha value is -0.140. The van der Waals surface area contributed by atoms with Gasteiger partial charge in [-0.3, -0.25) is 9.13 Å². The number of phosphoric ester groups is 1. The molecule has 2 heterocycles. The number of phosphoric acid groups is 1. The van der Waals surface area contributed by atoms with Gasteiger partial charge in [0.2, 0.25) is 0 Å². The van der Waals surface area contributed by atoms with Gasteiger partial charge in [0.15, 0.2) is 0 Å². The van der Waals surface area contributed by atoms with Crippen LogP contribution in [0.1, 0.15) is 12.6 Å². The van der Waals surface area contributed by atoms with Crippen LogP contribution < -0.4 is 74.8 Å². The average molecular weight is 446 g/mol. The molecule has 29 heavy (non-hydrogen) atoms. The van der Waals surface area contributed by atoms with Crippen LogP contribution in [0.2, 0.25) is 0 Å². The summed E-state index contributed by atoms with van der Waals surface area (Å²) < 4.78 is 34.6. The molecule has 1 aromatic carbocycles. The van der Waals surface area contributed by atoms with Gasteiger partial charge in [0.05, 0.1) is 18.4 Å². The van der Waals surface area contributed by atoms with Crippen LogP contribution in [0.15, 0.2) is 35.1 Å².